The number of aromatic nitrogens is 2. The SMILES string of the molecule is NCC1(c2[nH]nc3ccoc23)CCCC1. The predicted octanol–water partition coefficient (Wildman–Crippen LogP) is 1.93. The van der Waals surface area contributed by atoms with Crippen LogP contribution in [-0.2, 0) is 5.41 Å². The Bertz CT molecular complexity index is 465. The quantitative estimate of drug-likeness (QED) is 0.787. The van der Waals surface area contributed by atoms with Crippen molar-refractivity contribution in [2.75, 3.05) is 6.54 Å². The van der Waals surface area contributed by atoms with E-state index in [1.54, 1.807) is 6.26 Å². The second-order valence-corrected chi connectivity index (χ2v) is 4.43. The highest BCUT2D eigenvalue weighted by Crippen LogP contribution is 2.41. The average molecular weight is 205 g/mol. The maximum atomic E-state index is 5.93. The fourth-order valence-electron chi connectivity index (χ4n) is 2.71. The number of nitrogens with two attached hydrogens (primary N) is 1. The average Bonchev–Trinajstić information content (AvgIpc) is 2.93. The van der Waals surface area contributed by atoms with Gasteiger partial charge in [0, 0.05) is 18.0 Å². The molecule has 3 rings (SSSR count). The first-order valence-electron chi connectivity index (χ1n) is 5.48. The van der Waals surface area contributed by atoms with Crippen LogP contribution in [0.15, 0.2) is 16.7 Å². The van der Waals surface area contributed by atoms with E-state index in [4.69, 9.17) is 10.2 Å². The molecule has 2 aromatic rings. The van der Waals surface area contributed by atoms with E-state index in [-0.39, 0.29) is 5.41 Å². The van der Waals surface area contributed by atoms with E-state index in [1.807, 2.05) is 6.07 Å². The molecule has 1 aliphatic carbocycles. The Morgan fingerprint density at radius 1 is 1.47 bits per heavy atom. The van der Waals surface area contributed by atoms with Crippen LogP contribution in [0.25, 0.3) is 11.1 Å². The van der Waals surface area contributed by atoms with Crippen LogP contribution in [0, 0.1) is 0 Å². The molecular formula is C11H15N3O. The Labute approximate surface area is 87.8 Å². The number of hydrogen-bond donors (Lipinski definition) is 2. The van der Waals surface area contributed by atoms with Crippen molar-refractivity contribution in [3.05, 3.63) is 18.0 Å². The minimum Gasteiger partial charge on any atom is -0.461 e. The van der Waals surface area contributed by atoms with Gasteiger partial charge in [-0.15, -0.1) is 0 Å². The highest BCUT2D eigenvalue weighted by molar-refractivity contribution is 5.76. The molecule has 0 amide bonds. The standard InChI is InChI=1S/C11H15N3O/c12-7-11(4-1-2-5-11)10-9-8(13-14-10)3-6-15-9/h3,6H,1-2,4-5,7,12H2,(H,13,14). The molecule has 2 aromatic heterocycles. The Balaban J connectivity index is 2.15. The molecule has 1 fully saturated rings. The van der Waals surface area contributed by atoms with Crippen LogP contribution < -0.4 is 5.73 Å². The Kier molecular flexibility index (Phi) is 1.85. The van der Waals surface area contributed by atoms with Gasteiger partial charge in [-0.2, -0.15) is 5.10 Å². The predicted molar refractivity (Wildman–Crippen MR) is 57.6 cm³/mol. The summed E-state index contributed by atoms with van der Waals surface area (Å²) in [5.74, 6) is 0. The van der Waals surface area contributed by atoms with Crippen LogP contribution in [0.1, 0.15) is 31.4 Å². The molecule has 15 heavy (non-hydrogen) atoms. The Hall–Kier alpha value is -1.29. The number of H-pyrrole nitrogens is 1. The minimum absolute atomic E-state index is 0.0760. The van der Waals surface area contributed by atoms with E-state index >= 15 is 0 Å². The van der Waals surface area contributed by atoms with Gasteiger partial charge in [0.05, 0.1) is 12.0 Å². The van der Waals surface area contributed by atoms with E-state index in [0.29, 0.717) is 6.54 Å². The summed E-state index contributed by atoms with van der Waals surface area (Å²) in [6, 6.07) is 1.88. The zero-order chi connectivity index (χ0) is 10.3. The van der Waals surface area contributed by atoms with E-state index in [0.717, 1.165) is 29.6 Å². The highest BCUT2D eigenvalue weighted by atomic mass is 16.3. The van der Waals surface area contributed by atoms with Gasteiger partial charge in [-0.3, -0.25) is 5.10 Å². The van der Waals surface area contributed by atoms with Crippen molar-refractivity contribution in [1.82, 2.24) is 10.2 Å². The zero-order valence-corrected chi connectivity index (χ0v) is 8.62. The number of nitrogens with one attached hydrogen (secondary N) is 1. The summed E-state index contributed by atoms with van der Waals surface area (Å²) >= 11 is 0. The van der Waals surface area contributed by atoms with Crippen molar-refractivity contribution >= 4 is 11.1 Å². The van der Waals surface area contributed by atoms with E-state index in [9.17, 15) is 0 Å². The lowest BCUT2D eigenvalue weighted by Gasteiger charge is -2.24. The molecule has 0 bridgehead atoms. The lowest BCUT2D eigenvalue weighted by molar-refractivity contribution is 0.433. The number of furan rings is 1. The van der Waals surface area contributed by atoms with Crippen LogP contribution in [0.3, 0.4) is 0 Å². The molecule has 0 atom stereocenters. The summed E-state index contributed by atoms with van der Waals surface area (Å²) in [7, 11) is 0. The Morgan fingerprint density at radius 2 is 2.27 bits per heavy atom. The Morgan fingerprint density at radius 3 is 3.00 bits per heavy atom. The first-order chi connectivity index (χ1) is 7.36. The van der Waals surface area contributed by atoms with E-state index < -0.39 is 0 Å². The lowest BCUT2D eigenvalue weighted by atomic mass is 9.82. The number of rotatable bonds is 2. The largest absolute Gasteiger partial charge is 0.461 e. The fourth-order valence-corrected chi connectivity index (χ4v) is 2.71. The molecule has 1 aliphatic rings. The molecular weight excluding hydrogens is 190 g/mol. The molecule has 0 aromatic carbocycles. The summed E-state index contributed by atoms with van der Waals surface area (Å²) in [5.41, 5.74) is 8.90. The molecule has 0 radical (unpaired) electrons. The van der Waals surface area contributed by atoms with Crippen molar-refractivity contribution in [2.45, 2.75) is 31.1 Å². The van der Waals surface area contributed by atoms with Crippen LogP contribution in [0.5, 0.6) is 0 Å². The van der Waals surface area contributed by atoms with E-state index in [1.165, 1.54) is 12.8 Å². The maximum Gasteiger partial charge on any atom is 0.175 e. The third-order valence-corrected chi connectivity index (χ3v) is 3.64. The van der Waals surface area contributed by atoms with Crippen molar-refractivity contribution < 1.29 is 4.42 Å². The number of fused-ring (bicyclic) bond motifs is 1. The summed E-state index contributed by atoms with van der Waals surface area (Å²) < 4.78 is 5.48. The van der Waals surface area contributed by atoms with Gasteiger partial charge in [0.1, 0.15) is 5.52 Å². The van der Waals surface area contributed by atoms with Gasteiger partial charge in [-0.25, -0.2) is 0 Å². The van der Waals surface area contributed by atoms with Crippen molar-refractivity contribution in [1.29, 1.82) is 0 Å². The second kappa shape index (κ2) is 3.10. The first kappa shape index (κ1) is 8.97. The summed E-state index contributed by atoms with van der Waals surface area (Å²) in [5, 5.41) is 7.35. The van der Waals surface area contributed by atoms with Crippen molar-refractivity contribution in [3.63, 3.8) is 0 Å². The number of hydrogen-bond acceptors (Lipinski definition) is 3. The smallest absolute Gasteiger partial charge is 0.175 e. The summed E-state index contributed by atoms with van der Waals surface area (Å²) in [6.45, 7) is 0.672. The molecule has 0 aliphatic heterocycles. The normalized spacial score (nSPS) is 20.1. The topological polar surface area (TPSA) is 67.8 Å². The van der Waals surface area contributed by atoms with Gasteiger partial charge in [0.15, 0.2) is 5.58 Å². The van der Waals surface area contributed by atoms with Crippen molar-refractivity contribution in [2.24, 2.45) is 5.73 Å². The molecule has 4 nitrogen and oxygen atoms in total. The molecule has 2 heterocycles. The van der Waals surface area contributed by atoms with Gasteiger partial charge >= 0.3 is 0 Å². The van der Waals surface area contributed by atoms with Gasteiger partial charge < -0.3 is 10.2 Å². The van der Waals surface area contributed by atoms with Crippen LogP contribution in [-0.4, -0.2) is 16.7 Å². The molecule has 0 spiro atoms. The molecule has 80 valence electrons. The molecule has 0 saturated heterocycles. The zero-order valence-electron chi connectivity index (χ0n) is 8.62. The van der Waals surface area contributed by atoms with Gasteiger partial charge in [-0.1, -0.05) is 12.8 Å². The molecule has 4 heteroatoms. The van der Waals surface area contributed by atoms with Gasteiger partial charge in [-0.05, 0) is 12.8 Å². The number of nitrogens with zero attached hydrogens (tertiary/aromatic N) is 1. The molecule has 1 saturated carbocycles. The highest BCUT2D eigenvalue weighted by Gasteiger charge is 2.38. The first-order valence-corrected chi connectivity index (χ1v) is 5.48. The third kappa shape index (κ3) is 1.14. The van der Waals surface area contributed by atoms with Crippen LogP contribution in [0.2, 0.25) is 0 Å². The van der Waals surface area contributed by atoms with Crippen LogP contribution in [0.4, 0.5) is 0 Å². The molecule has 3 N–H and O–H groups in total. The van der Waals surface area contributed by atoms with Crippen molar-refractivity contribution in [3.8, 4) is 0 Å². The molecule has 0 unspecified atom stereocenters. The minimum atomic E-state index is 0.0760. The summed E-state index contributed by atoms with van der Waals surface area (Å²) in [4.78, 5) is 0. The number of aromatic amines is 1. The van der Waals surface area contributed by atoms with Crippen LogP contribution >= 0.6 is 0 Å². The third-order valence-electron chi connectivity index (χ3n) is 3.64. The van der Waals surface area contributed by atoms with Gasteiger partial charge in [0.2, 0.25) is 0 Å². The van der Waals surface area contributed by atoms with E-state index in [2.05, 4.69) is 10.2 Å². The van der Waals surface area contributed by atoms with Gasteiger partial charge in [0.25, 0.3) is 0 Å². The lowest BCUT2D eigenvalue weighted by Crippen LogP contribution is -2.32. The maximum absolute atomic E-state index is 5.93. The second-order valence-electron chi connectivity index (χ2n) is 4.43. The fraction of sp³-hybridized carbons (Fsp3) is 0.545. The monoisotopic (exact) mass is 205 g/mol. The summed E-state index contributed by atoms with van der Waals surface area (Å²) in [6.07, 6.45) is 6.47.